The van der Waals surface area contributed by atoms with Gasteiger partial charge in [0.25, 0.3) is 0 Å². The molecule has 2 aromatic carbocycles. The second-order valence-electron chi connectivity index (χ2n) is 8.78. The van der Waals surface area contributed by atoms with Gasteiger partial charge in [0.1, 0.15) is 30.2 Å². The van der Waals surface area contributed by atoms with E-state index in [0.717, 1.165) is 31.2 Å². The number of hydrogen-bond donors (Lipinski definition) is 5. The fourth-order valence-electron chi connectivity index (χ4n) is 4.21. The highest BCUT2D eigenvalue weighted by Crippen LogP contribution is 2.36. The lowest BCUT2D eigenvalue weighted by Gasteiger charge is -2.39. The monoisotopic (exact) mass is 460 g/mol. The van der Waals surface area contributed by atoms with E-state index in [4.69, 9.17) is 14.2 Å². The fourth-order valence-corrected chi connectivity index (χ4v) is 4.21. The number of fused-ring (bicyclic) bond motifs is 8. The van der Waals surface area contributed by atoms with E-state index < -0.39 is 37.3 Å². The molecule has 2 aromatic rings. The predicted molar refractivity (Wildman–Crippen MR) is 119 cm³/mol. The maximum absolute atomic E-state index is 10.3. The van der Waals surface area contributed by atoms with Gasteiger partial charge in [-0.2, -0.15) is 0 Å². The largest absolute Gasteiger partial charge is 0.458 e. The second-order valence-corrected chi connectivity index (χ2v) is 8.78. The van der Waals surface area contributed by atoms with Crippen molar-refractivity contribution in [1.82, 2.24) is 0 Å². The number of aliphatic hydroxyl groups excluding tert-OH is 5. The zero-order valence-electron chi connectivity index (χ0n) is 18.4. The summed E-state index contributed by atoms with van der Waals surface area (Å²) in [6, 6.07) is 13.1. The summed E-state index contributed by atoms with van der Waals surface area (Å²) < 4.78 is 17.4. The maximum Gasteiger partial charge on any atom is 0.229 e. The van der Waals surface area contributed by atoms with E-state index in [0.29, 0.717) is 24.3 Å². The van der Waals surface area contributed by atoms with Crippen LogP contribution in [0.25, 0.3) is 0 Å². The molecule has 3 aliphatic rings. The molecule has 180 valence electrons. The summed E-state index contributed by atoms with van der Waals surface area (Å²) in [6.07, 6.45) is -2.29. The highest BCUT2D eigenvalue weighted by molar-refractivity contribution is 5.46. The average molecular weight is 461 g/mol. The number of rotatable bonds is 3. The van der Waals surface area contributed by atoms with Crippen LogP contribution in [0.4, 0.5) is 0 Å². The van der Waals surface area contributed by atoms with Crippen LogP contribution in [0.15, 0.2) is 42.5 Å². The van der Waals surface area contributed by atoms with Crippen molar-refractivity contribution < 1.29 is 39.7 Å². The molecule has 5 rings (SSSR count). The standard InChI is InChI=1S/C25H32O8/c26-14-21-22(28)23(29)24(30)25(33-21)32-19-12-8-16-5-9-17(27)4-2-1-3-15-6-10-18(11-7-15)31-20(19)13-16/h6-8,10-13,17,21-30H,1-5,9,14H2/t17-,21+,22-,23-,24+,25-/m0/s1. The van der Waals surface area contributed by atoms with Crippen molar-refractivity contribution in [2.45, 2.75) is 75.3 Å². The predicted octanol–water partition coefficient (Wildman–Crippen LogP) is 1.68. The van der Waals surface area contributed by atoms with Crippen molar-refractivity contribution in [3.63, 3.8) is 0 Å². The molecule has 5 N–H and O–H groups in total. The second kappa shape index (κ2) is 10.8. The Bertz CT molecular complexity index is 900. The average Bonchev–Trinajstić information content (AvgIpc) is 2.83. The number of benzene rings is 2. The van der Waals surface area contributed by atoms with Gasteiger partial charge in [-0.05, 0) is 67.5 Å². The van der Waals surface area contributed by atoms with Crippen LogP contribution < -0.4 is 9.47 Å². The summed E-state index contributed by atoms with van der Waals surface area (Å²) in [7, 11) is 0. The van der Waals surface area contributed by atoms with Gasteiger partial charge in [-0.1, -0.05) is 24.6 Å². The van der Waals surface area contributed by atoms with E-state index in [2.05, 4.69) is 0 Å². The van der Waals surface area contributed by atoms with Gasteiger partial charge < -0.3 is 39.7 Å². The van der Waals surface area contributed by atoms with Gasteiger partial charge in [0.15, 0.2) is 11.5 Å². The topological polar surface area (TPSA) is 129 Å². The Morgan fingerprint density at radius 2 is 1.58 bits per heavy atom. The van der Waals surface area contributed by atoms with E-state index in [1.165, 1.54) is 5.56 Å². The van der Waals surface area contributed by atoms with E-state index in [9.17, 15) is 25.5 Å². The van der Waals surface area contributed by atoms with Gasteiger partial charge in [0.2, 0.25) is 6.29 Å². The Labute approximate surface area is 193 Å². The molecular weight excluding hydrogens is 428 g/mol. The van der Waals surface area contributed by atoms with Gasteiger partial charge >= 0.3 is 0 Å². The van der Waals surface area contributed by atoms with Crippen molar-refractivity contribution in [2.24, 2.45) is 0 Å². The molecule has 1 saturated heterocycles. The molecule has 33 heavy (non-hydrogen) atoms. The molecule has 3 heterocycles. The fraction of sp³-hybridized carbons (Fsp3) is 0.520. The van der Waals surface area contributed by atoms with E-state index in [1.54, 1.807) is 6.07 Å². The van der Waals surface area contributed by atoms with Crippen molar-refractivity contribution in [2.75, 3.05) is 6.61 Å². The van der Waals surface area contributed by atoms with E-state index in [-0.39, 0.29) is 11.9 Å². The molecule has 8 nitrogen and oxygen atoms in total. The molecule has 3 aliphatic heterocycles. The van der Waals surface area contributed by atoms with Gasteiger partial charge in [-0.15, -0.1) is 0 Å². The molecule has 0 radical (unpaired) electrons. The summed E-state index contributed by atoms with van der Waals surface area (Å²) in [4.78, 5) is 0. The Morgan fingerprint density at radius 3 is 2.33 bits per heavy atom. The molecular formula is C25H32O8. The number of aliphatic hydroxyl groups is 5. The van der Waals surface area contributed by atoms with Crippen LogP contribution in [-0.4, -0.2) is 68.9 Å². The highest BCUT2D eigenvalue weighted by Gasteiger charge is 2.45. The molecule has 0 aliphatic carbocycles. The van der Waals surface area contributed by atoms with E-state index in [1.807, 2.05) is 36.4 Å². The first kappa shape index (κ1) is 23.9. The summed E-state index contributed by atoms with van der Waals surface area (Å²) in [5.41, 5.74) is 2.15. The molecule has 4 bridgehead atoms. The van der Waals surface area contributed by atoms with Crippen LogP contribution in [-0.2, 0) is 17.6 Å². The molecule has 0 aromatic heterocycles. The molecule has 6 atom stereocenters. The molecule has 0 unspecified atom stereocenters. The van der Waals surface area contributed by atoms with E-state index >= 15 is 0 Å². The Kier molecular flexibility index (Phi) is 7.85. The molecule has 1 fully saturated rings. The third-order valence-electron chi connectivity index (χ3n) is 6.27. The van der Waals surface area contributed by atoms with Crippen LogP contribution in [0.5, 0.6) is 17.2 Å². The first-order valence-corrected chi connectivity index (χ1v) is 11.5. The maximum atomic E-state index is 10.3. The summed E-state index contributed by atoms with van der Waals surface area (Å²) in [5.74, 6) is 1.28. The smallest absolute Gasteiger partial charge is 0.229 e. The minimum absolute atomic E-state index is 0.275. The number of hydrogen-bond acceptors (Lipinski definition) is 8. The van der Waals surface area contributed by atoms with Crippen LogP contribution in [0, 0.1) is 0 Å². The van der Waals surface area contributed by atoms with Crippen LogP contribution in [0.1, 0.15) is 36.8 Å². The number of ether oxygens (including phenoxy) is 3. The first-order chi connectivity index (χ1) is 15.9. The minimum Gasteiger partial charge on any atom is -0.458 e. The zero-order valence-corrected chi connectivity index (χ0v) is 18.4. The first-order valence-electron chi connectivity index (χ1n) is 11.5. The van der Waals surface area contributed by atoms with Gasteiger partial charge in [0.05, 0.1) is 12.7 Å². The van der Waals surface area contributed by atoms with Crippen LogP contribution in [0.2, 0.25) is 0 Å². The number of aryl methyl sites for hydroxylation is 2. The summed E-state index contributed by atoms with van der Waals surface area (Å²) in [5, 5.41) is 50.2. The van der Waals surface area contributed by atoms with Gasteiger partial charge in [-0.25, -0.2) is 0 Å². The quantitative estimate of drug-likeness (QED) is 0.468. The lowest BCUT2D eigenvalue weighted by atomic mass is 9.99. The van der Waals surface area contributed by atoms with Crippen molar-refractivity contribution in [3.8, 4) is 17.2 Å². The Hall–Kier alpha value is -2.20. The lowest BCUT2D eigenvalue weighted by Crippen LogP contribution is -2.60. The molecule has 0 saturated carbocycles. The molecule has 8 heteroatoms. The third kappa shape index (κ3) is 5.84. The molecule has 0 amide bonds. The third-order valence-corrected chi connectivity index (χ3v) is 6.27. The zero-order chi connectivity index (χ0) is 23.4. The van der Waals surface area contributed by atoms with Crippen molar-refractivity contribution in [1.29, 1.82) is 0 Å². The van der Waals surface area contributed by atoms with Gasteiger partial charge in [0, 0.05) is 0 Å². The normalized spacial score (nSPS) is 30.7. The Balaban J connectivity index is 1.60. The van der Waals surface area contributed by atoms with Crippen LogP contribution in [0.3, 0.4) is 0 Å². The minimum atomic E-state index is -1.53. The molecule has 0 spiro atoms. The highest BCUT2D eigenvalue weighted by atomic mass is 16.7. The SMILES string of the molecule is OC[C@H]1O[C@H](Oc2ccc3cc2Oc2ccc(cc2)CCCC[C@H](O)CC3)[C@H](O)[C@@H](O)[C@H]1O. The lowest BCUT2D eigenvalue weighted by molar-refractivity contribution is -0.277. The van der Waals surface area contributed by atoms with Gasteiger partial charge in [-0.3, -0.25) is 0 Å². The summed E-state index contributed by atoms with van der Waals surface area (Å²) in [6.45, 7) is -0.540. The van der Waals surface area contributed by atoms with Crippen molar-refractivity contribution >= 4 is 0 Å². The van der Waals surface area contributed by atoms with Crippen molar-refractivity contribution in [3.05, 3.63) is 53.6 Å². The Morgan fingerprint density at radius 1 is 0.818 bits per heavy atom. The summed E-state index contributed by atoms with van der Waals surface area (Å²) >= 11 is 0. The van der Waals surface area contributed by atoms with Crippen LogP contribution >= 0.6 is 0 Å².